The molecule has 7 nitrogen and oxygen atoms in total. The normalized spacial score (nSPS) is 12.1. The number of hydrogen-bond donors (Lipinski definition) is 1. The molecular weight excluding hydrogens is 315 g/mol. The molecule has 0 radical (unpaired) electrons. The number of ether oxygens (including phenoxy) is 1. The number of carbonyl (C=O) groups is 1. The first-order chi connectivity index (χ1) is 11.6. The summed E-state index contributed by atoms with van der Waals surface area (Å²) in [5.74, 6) is -0.359. The van der Waals surface area contributed by atoms with Crippen LogP contribution in [0.25, 0.3) is 22.4 Å². The zero-order valence-corrected chi connectivity index (χ0v) is 13.1. The minimum atomic E-state index is -0.612. The number of anilines is 1. The highest BCUT2D eigenvalue weighted by Gasteiger charge is 2.20. The average Bonchev–Trinajstić information content (AvgIpc) is 3.01. The Labute approximate surface area is 136 Å². The maximum absolute atomic E-state index is 13.1. The smallest absolute Gasteiger partial charge is 0.328 e. The van der Waals surface area contributed by atoms with E-state index >= 15 is 0 Å². The Morgan fingerprint density at radius 1 is 1.33 bits per heavy atom. The number of hydrogen-bond acceptors (Lipinski definition) is 7. The second-order valence-corrected chi connectivity index (χ2v) is 5.06. The van der Waals surface area contributed by atoms with Gasteiger partial charge in [-0.3, -0.25) is 0 Å². The summed E-state index contributed by atoms with van der Waals surface area (Å²) in [5, 5.41) is 7.48. The maximum atomic E-state index is 13.1. The van der Waals surface area contributed by atoms with Gasteiger partial charge in [0.05, 0.1) is 6.61 Å². The van der Waals surface area contributed by atoms with Gasteiger partial charge in [-0.1, -0.05) is 5.16 Å². The van der Waals surface area contributed by atoms with Crippen molar-refractivity contribution < 1.29 is 18.4 Å². The molecule has 0 aliphatic rings. The highest BCUT2D eigenvalue weighted by molar-refractivity contribution is 5.98. The van der Waals surface area contributed by atoms with Crippen molar-refractivity contribution in [1.82, 2.24) is 15.1 Å². The summed E-state index contributed by atoms with van der Waals surface area (Å²) in [7, 11) is 0. The average molecular weight is 330 g/mol. The number of nitrogens with one attached hydrogen (secondary N) is 1. The molecule has 3 rings (SSSR count). The summed E-state index contributed by atoms with van der Waals surface area (Å²) in [5.41, 5.74) is 1.38. The lowest BCUT2D eigenvalue weighted by Crippen LogP contribution is -2.28. The van der Waals surface area contributed by atoms with Crippen molar-refractivity contribution in [3.05, 3.63) is 36.4 Å². The van der Waals surface area contributed by atoms with E-state index in [-0.39, 0.29) is 18.1 Å². The van der Waals surface area contributed by atoms with Crippen LogP contribution in [-0.2, 0) is 9.53 Å². The molecule has 2 aromatic heterocycles. The Bertz CT molecular complexity index is 863. The van der Waals surface area contributed by atoms with Crippen LogP contribution in [0.4, 0.5) is 10.2 Å². The predicted octanol–water partition coefficient (Wildman–Crippen LogP) is 2.79. The second-order valence-electron chi connectivity index (χ2n) is 5.06. The van der Waals surface area contributed by atoms with Gasteiger partial charge in [0.1, 0.15) is 35.1 Å². The fraction of sp³-hybridized carbons (Fsp3) is 0.250. The number of halogens is 1. The molecule has 0 amide bonds. The van der Waals surface area contributed by atoms with Crippen LogP contribution in [0.2, 0.25) is 0 Å². The van der Waals surface area contributed by atoms with Crippen LogP contribution < -0.4 is 5.32 Å². The molecule has 0 aliphatic heterocycles. The lowest BCUT2D eigenvalue weighted by atomic mass is 10.1. The fourth-order valence-electron chi connectivity index (χ4n) is 2.23. The molecule has 2 heterocycles. The van der Waals surface area contributed by atoms with E-state index in [0.29, 0.717) is 22.5 Å². The molecule has 1 N–H and O–H groups in total. The van der Waals surface area contributed by atoms with Gasteiger partial charge in [0.25, 0.3) is 5.71 Å². The van der Waals surface area contributed by atoms with Gasteiger partial charge in [-0.25, -0.2) is 14.2 Å². The van der Waals surface area contributed by atoms with Gasteiger partial charge >= 0.3 is 5.97 Å². The third-order valence-corrected chi connectivity index (χ3v) is 3.38. The third-order valence-electron chi connectivity index (χ3n) is 3.38. The molecule has 0 aliphatic carbocycles. The second kappa shape index (κ2) is 6.61. The number of nitrogens with zero attached hydrogens (tertiary/aromatic N) is 3. The van der Waals surface area contributed by atoms with Crippen LogP contribution in [0.3, 0.4) is 0 Å². The molecule has 0 bridgehead atoms. The molecule has 1 aromatic carbocycles. The van der Waals surface area contributed by atoms with Crippen LogP contribution in [0.1, 0.15) is 13.8 Å². The van der Waals surface area contributed by atoms with Gasteiger partial charge in [0, 0.05) is 5.56 Å². The number of esters is 1. The molecular formula is C16H15FN4O3. The first-order valence-corrected chi connectivity index (χ1v) is 7.39. The molecule has 0 spiro atoms. The fourth-order valence-corrected chi connectivity index (χ4v) is 2.23. The lowest BCUT2D eigenvalue weighted by molar-refractivity contribution is -0.143. The summed E-state index contributed by atoms with van der Waals surface area (Å²) >= 11 is 0. The Hall–Kier alpha value is -3.03. The maximum Gasteiger partial charge on any atom is 0.328 e. The van der Waals surface area contributed by atoms with Crippen molar-refractivity contribution in [2.75, 3.05) is 11.9 Å². The van der Waals surface area contributed by atoms with Crippen LogP contribution in [-0.4, -0.2) is 33.7 Å². The third kappa shape index (κ3) is 3.03. The monoisotopic (exact) mass is 330 g/mol. The summed E-state index contributed by atoms with van der Waals surface area (Å²) in [4.78, 5) is 20.0. The quantitative estimate of drug-likeness (QED) is 0.719. The Balaban J connectivity index is 2.01. The molecule has 124 valence electrons. The van der Waals surface area contributed by atoms with Gasteiger partial charge in [-0.15, -0.1) is 0 Å². The van der Waals surface area contributed by atoms with Crippen molar-refractivity contribution in [3.8, 4) is 11.3 Å². The van der Waals surface area contributed by atoms with Gasteiger partial charge in [0.15, 0.2) is 0 Å². The van der Waals surface area contributed by atoms with E-state index in [1.807, 2.05) is 0 Å². The molecule has 3 aromatic rings. The van der Waals surface area contributed by atoms with Crippen molar-refractivity contribution in [2.24, 2.45) is 0 Å². The lowest BCUT2D eigenvalue weighted by Gasteiger charge is -2.13. The first-order valence-electron chi connectivity index (χ1n) is 7.39. The predicted molar refractivity (Wildman–Crippen MR) is 84.7 cm³/mol. The largest absolute Gasteiger partial charge is 0.464 e. The molecule has 0 saturated heterocycles. The van der Waals surface area contributed by atoms with E-state index in [9.17, 15) is 9.18 Å². The highest BCUT2D eigenvalue weighted by Crippen LogP contribution is 2.31. The van der Waals surface area contributed by atoms with Crippen molar-refractivity contribution in [3.63, 3.8) is 0 Å². The van der Waals surface area contributed by atoms with E-state index in [0.717, 1.165) is 0 Å². The summed E-state index contributed by atoms with van der Waals surface area (Å²) in [6.45, 7) is 3.69. The molecule has 0 fully saturated rings. The number of benzene rings is 1. The SMILES string of the molecule is CCOC(=O)C(C)Nc1ncnc2onc(-c3ccc(F)cc3)c12. The van der Waals surface area contributed by atoms with Crippen LogP contribution in [0.5, 0.6) is 0 Å². The highest BCUT2D eigenvalue weighted by atomic mass is 19.1. The molecule has 1 unspecified atom stereocenters. The molecule has 1 atom stereocenters. The van der Waals surface area contributed by atoms with E-state index in [1.165, 1.54) is 18.5 Å². The molecule has 24 heavy (non-hydrogen) atoms. The minimum absolute atomic E-state index is 0.267. The number of rotatable bonds is 5. The first kappa shape index (κ1) is 15.9. The minimum Gasteiger partial charge on any atom is -0.464 e. The molecule has 8 heteroatoms. The van der Waals surface area contributed by atoms with Crippen LogP contribution >= 0.6 is 0 Å². The topological polar surface area (TPSA) is 90.1 Å². The van der Waals surface area contributed by atoms with E-state index in [1.54, 1.807) is 26.0 Å². The zero-order valence-electron chi connectivity index (χ0n) is 13.1. The number of aromatic nitrogens is 3. The number of fused-ring (bicyclic) bond motifs is 1. The number of carbonyl (C=O) groups excluding carboxylic acids is 1. The Morgan fingerprint density at radius 2 is 2.08 bits per heavy atom. The Morgan fingerprint density at radius 3 is 2.79 bits per heavy atom. The van der Waals surface area contributed by atoms with Crippen molar-refractivity contribution >= 4 is 22.9 Å². The Kier molecular flexibility index (Phi) is 4.37. The standard InChI is InChI=1S/C16H15FN4O3/c1-3-23-16(22)9(2)20-14-12-13(10-4-6-11(17)7-5-10)21-24-15(12)19-8-18-14/h4-9H,3H2,1-2H3,(H,18,19,20). The van der Waals surface area contributed by atoms with Gasteiger partial charge in [0.2, 0.25) is 0 Å². The van der Waals surface area contributed by atoms with Gasteiger partial charge in [-0.05, 0) is 38.1 Å². The van der Waals surface area contributed by atoms with Crippen LogP contribution in [0, 0.1) is 5.82 Å². The summed E-state index contributed by atoms with van der Waals surface area (Å²) < 4.78 is 23.3. The van der Waals surface area contributed by atoms with E-state index < -0.39 is 12.0 Å². The van der Waals surface area contributed by atoms with Crippen molar-refractivity contribution in [2.45, 2.75) is 19.9 Å². The summed E-state index contributed by atoms with van der Waals surface area (Å²) in [6.07, 6.45) is 1.31. The molecule has 0 saturated carbocycles. The van der Waals surface area contributed by atoms with Gasteiger partial charge in [-0.2, -0.15) is 4.98 Å². The zero-order chi connectivity index (χ0) is 17.1. The van der Waals surface area contributed by atoms with Crippen LogP contribution in [0.15, 0.2) is 35.1 Å². The van der Waals surface area contributed by atoms with Gasteiger partial charge < -0.3 is 14.6 Å². The van der Waals surface area contributed by atoms with E-state index in [2.05, 4.69) is 20.4 Å². The summed E-state index contributed by atoms with van der Waals surface area (Å²) in [6, 6.07) is 5.21. The van der Waals surface area contributed by atoms with E-state index in [4.69, 9.17) is 9.26 Å². The van der Waals surface area contributed by atoms with Crippen molar-refractivity contribution in [1.29, 1.82) is 0 Å².